The van der Waals surface area contributed by atoms with Gasteiger partial charge >= 0.3 is 0 Å². The van der Waals surface area contributed by atoms with Crippen molar-refractivity contribution in [2.24, 2.45) is 0 Å². The first kappa shape index (κ1) is 20.6. The molecule has 0 aliphatic carbocycles. The Morgan fingerprint density at radius 2 is 1.64 bits per heavy atom. The lowest BCUT2D eigenvalue weighted by Crippen LogP contribution is -2.29. The predicted octanol–water partition coefficient (Wildman–Crippen LogP) is 5.14. The van der Waals surface area contributed by atoms with Crippen LogP contribution in [0.4, 0.5) is 0 Å². The maximum atomic E-state index is 6.19. The fourth-order valence-corrected chi connectivity index (χ4v) is 3.23. The van der Waals surface area contributed by atoms with Gasteiger partial charge in [-0.25, -0.2) is 0 Å². The summed E-state index contributed by atoms with van der Waals surface area (Å²) in [4.78, 5) is 0. The van der Waals surface area contributed by atoms with Crippen LogP contribution < -0.4 is 0 Å². The lowest BCUT2D eigenvalue weighted by Gasteiger charge is -2.19. The van der Waals surface area contributed by atoms with Crippen molar-refractivity contribution in [3.8, 4) is 11.8 Å². The second-order valence-electron chi connectivity index (χ2n) is 7.16. The van der Waals surface area contributed by atoms with Crippen molar-refractivity contribution < 1.29 is 14.2 Å². The molecule has 0 bridgehead atoms. The fourth-order valence-electron chi connectivity index (χ4n) is 3.23. The van der Waals surface area contributed by atoms with Crippen LogP contribution in [-0.4, -0.2) is 24.9 Å². The number of rotatable bonds is 9. The molecule has 0 unspecified atom stereocenters. The lowest BCUT2D eigenvalue weighted by molar-refractivity contribution is -0.0651. The Labute approximate surface area is 169 Å². The van der Waals surface area contributed by atoms with E-state index in [4.69, 9.17) is 14.2 Å². The third-order valence-electron chi connectivity index (χ3n) is 4.82. The van der Waals surface area contributed by atoms with Crippen molar-refractivity contribution >= 4 is 0 Å². The summed E-state index contributed by atoms with van der Waals surface area (Å²) < 4.78 is 18.3. The second-order valence-corrected chi connectivity index (χ2v) is 7.16. The van der Waals surface area contributed by atoms with E-state index in [-0.39, 0.29) is 18.3 Å². The zero-order valence-electron chi connectivity index (χ0n) is 16.7. The first-order valence-corrected chi connectivity index (χ1v) is 10.3. The molecule has 2 aromatic rings. The third-order valence-corrected chi connectivity index (χ3v) is 4.82. The van der Waals surface area contributed by atoms with Crippen molar-refractivity contribution in [3.63, 3.8) is 0 Å². The van der Waals surface area contributed by atoms with Gasteiger partial charge in [0.15, 0.2) is 0 Å². The zero-order chi connectivity index (χ0) is 19.4. The van der Waals surface area contributed by atoms with Crippen molar-refractivity contribution in [1.82, 2.24) is 0 Å². The molecule has 0 spiro atoms. The Hall–Kier alpha value is -2.12. The number of hydrogen-bond acceptors (Lipinski definition) is 3. The molecule has 0 radical (unpaired) electrons. The molecule has 3 rings (SSSR count). The number of hydrogen-bond donors (Lipinski definition) is 0. The maximum absolute atomic E-state index is 6.19. The molecule has 1 aliphatic rings. The molecule has 1 heterocycles. The highest BCUT2D eigenvalue weighted by Crippen LogP contribution is 2.25. The van der Waals surface area contributed by atoms with Gasteiger partial charge in [-0.05, 0) is 17.5 Å². The first-order chi connectivity index (χ1) is 13.8. The molecule has 1 aliphatic heterocycles. The van der Waals surface area contributed by atoms with Crippen LogP contribution in [0, 0.1) is 11.8 Å². The van der Waals surface area contributed by atoms with Crippen molar-refractivity contribution in [3.05, 3.63) is 71.8 Å². The molecule has 148 valence electrons. The predicted molar refractivity (Wildman–Crippen MR) is 112 cm³/mol. The second kappa shape index (κ2) is 11.7. The van der Waals surface area contributed by atoms with Crippen LogP contribution in [0.5, 0.6) is 0 Å². The number of ether oxygens (including phenoxy) is 3. The van der Waals surface area contributed by atoms with Gasteiger partial charge in [-0.15, -0.1) is 5.92 Å². The van der Waals surface area contributed by atoms with Crippen molar-refractivity contribution in [2.75, 3.05) is 6.61 Å². The number of benzene rings is 2. The quantitative estimate of drug-likeness (QED) is 0.447. The molecule has 3 heteroatoms. The van der Waals surface area contributed by atoms with Crippen molar-refractivity contribution in [1.29, 1.82) is 0 Å². The van der Waals surface area contributed by atoms with Gasteiger partial charge in [-0.2, -0.15) is 0 Å². The highest BCUT2D eigenvalue weighted by molar-refractivity contribution is 5.14. The molecule has 1 saturated heterocycles. The summed E-state index contributed by atoms with van der Waals surface area (Å²) in [6.45, 7) is 3.86. The first-order valence-electron chi connectivity index (χ1n) is 10.3. The molecule has 3 nitrogen and oxygen atoms in total. The third kappa shape index (κ3) is 6.80. The van der Waals surface area contributed by atoms with Gasteiger partial charge < -0.3 is 14.2 Å². The van der Waals surface area contributed by atoms with Crippen LogP contribution in [0.15, 0.2) is 60.7 Å². The zero-order valence-corrected chi connectivity index (χ0v) is 16.7. The molecule has 0 saturated carbocycles. The summed E-state index contributed by atoms with van der Waals surface area (Å²) in [5, 5.41) is 0. The highest BCUT2D eigenvalue weighted by atomic mass is 16.6. The molecule has 0 N–H and O–H groups in total. The SMILES string of the molecule is CCCCC#C[C@H]1C[C@H](OCc2ccccc2)[C@@H](COCc2ccccc2)O1. The van der Waals surface area contributed by atoms with Gasteiger partial charge in [0, 0.05) is 12.8 Å². The average Bonchev–Trinajstić information content (AvgIpc) is 3.13. The van der Waals surface area contributed by atoms with Crippen LogP contribution in [0.3, 0.4) is 0 Å². The van der Waals surface area contributed by atoms with Gasteiger partial charge in [-0.3, -0.25) is 0 Å². The lowest BCUT2D eigenvalue weighted by atomic mass is 10.1. The Balaban J connectivity index is 1.53. The summed E-state index contributed by atoms with van der Waals surface area (Å²) in [5.74, 6) is 6.53. The molecular weight excluding hydrogens is 348 g/mol. The van der Waals surface area contributed by atoms with E-state index in [1.54, 1.807) is 0 Å². The van der Waals surface area contributed by atoms with Gasteiger partial charge in [0.2, 0.25) is 0 Å². The van der Waals surface area contributed by atoms with E-state index in [9.17, 15) is 0 Å². The standard InChI is InChI=1S/C25H30O3/c1-2-3-4-11-16-23-17-24(27-19-22-14-9-6-10-15-22)25(28-23)20-26-18-21-12-7-5-8-13-21/h5-10,12-15,23-25H,2-4,17-20H2,1H3/t23-,24-,25+/m0/s1. The van der Waals surface area contributed by atoms with E-state index in [0.717, 1.165) is 24.8 Å². The van der Waals surface area contributed by atoms with Crippen LogP contribution in [0.1, 0.15) is 43.7 Å². The van der Waals surface area contributed by atoms with Crippen molar-refractivity contribution in [2.45, 2.75) is 64.1 Å². The number of unbranched alkanes of at least 4 members (excludes halogenated alkanes) is 2. The summed E-state index contributed by atoms with van der Waals surface area (Å²) in [6, 6.07) is 20.5. The van der Waals surface area contributed by atoms with E-state index >= 15 is 0 Å². The summed E-state index contributed by atoms with van der Waals surface area (Å²) in [7, 11) is 0. The smallest absolute Gasteiger partial charge is 0.121 e. The minimum Gasteiger partial charge on any atom is -0.374 e. The minimum atomic E-state index is -0.0853. The Morgan fingerprint density at radius 1 is 0.964 bits per heavy atom. The molecule has 1 fully saturated rings. The molecule has 0 amide bonds. The molecule has 0 aromatic heterocycles. The van der Waals surface area contributed by atoms with Crippen LogP contribution in [-0.2, 0) is 27.4 Å². The highest BCUT2D eigenvalue weighted by Gasteiger charge is 2.35. The molecule has 2 aromatic carbocycles. The molecule has 3 atom stereocenters. The minimum absolute atomic E-state index is 0.00135. The summed E-state index contributed by atoms with van der Waals surface area (Å²) in [6.07, 6.45) is 3.88. The maximum Gasteiger partial charge on any atom is 0.121 e. The van der Waals surface area contributed by atoms with E-state index < -0.39 is 0 Å². The average molecular weight is 379 g/mol. The normalized spacial score (nSPS) is 21.2. The largest absolute Gasteiger partial charge is 0.374 e. The van der Waals surface area contributed by atoms with Gasteiger partial charge in [0.05, 0.1) is 25.9 Å². The van der Waals surface area contributed by atoms with E-state index in [1.807, 2.05) is 36.4 Å². The monoisotopic (exact) mass is 378 g/mol. The molecular formula is C25H30O3. The summed E-state index contributed by atoms with van der Waals surface area (Å²) >= 11 is 0. The van der Waals surface area contributed by atoms with Crippen LogP contribution in [0.2, 0.25) is 0 Å². The van der Waals surface area contributed by atoms with Gasteiger partial charge in [-0.1, -0.05) is 79.9 Å². The van der Waals surface area contributed by atoms with E-state index in [2.05, 4.69) is 43.0 Å². The Morgan fingerprint density at radius 3 is 2.32 bits per heavy atom. The van der Waals surface area contributed by atoms with E-state index in [1.165, 1.54) is 12.0 Å². The van der Waals surface area contributed by atoms with Gasteiger partial charge in [0.25, 0.3) is 0 Å². The Bertz CT molecular complexity index is 733. The van der Waals surface area contributed by atoms with Crippen LogP contribution in [0.25, 0.3) is 0 Å². The van der Waals surface area contributed by atoms with Gasteiger partial charge in [0.1, 0.15) is 12.2 Å². The Kier molecular flexibility index (Phi) is 8.58. The summed E-state index contributed by atoms with van der Waals surface area (Å²) in [5.41, 5.74) is 2.34. The van der Waals surface area contributed by atoms with Crippen LogP contribution >= 0.6 is 0 Å². The topological polar surface area (TPSA) is 27.7 Å². The van der Waals surface area contributed by atoms with E-state index in [0.29, 0.717) is 19.8 Å². The fraction of sp³-hybridized carbons (Fsp3) is 0.440. The molecule has 28 heavy (non-hydrogen) atoms.